The lowest BCUT2D eigenvalue weighted by Crippen LogP contribution is -2.28. The van der Waals surface area contributed by atoms with E-state index < -0.39 is 0 Å². The van der Waals surface area contributed by atoms with Gasteiger partial charge in [0.1, 0.15) is 24.7 Å². The third-order valence-electron chi connectivity index (χ3n) is 3.59. The number of nitrogens with zero attached hydrogens (tertiary/aromatic N) is 2. The number of hydrogen-bond acceptors (Lipinski definition) is 3. The number of hydrogen-bond donors (Lipinski definition) is 1. The predicted molar refractivity (Wildman–Crippen MR) is 94.2 cm³/mol. The fraction of sp³-hybridized carbons (Fsp3) is 0.222. The summed E-state index contributed by atoms with van der Waals surface area (Å²) in [5, 5.41) is 3.47. The Balaban J connectivity index is 1.85. The molecule has 0 aliphatic rings. The van der Waals surface area contributed by atoms with Crippen molar-refractivity contribution in [2.24, 2.45) is 0 Å². The Kier molecular flexibility index (Phi) is 5.01. The van der Waals surface area contributed by atoms with E-state index >= 15 is 0 Å². The maximum absolute atomic E-state index is 12.0. The van der Waals surface area contributed by atoms with Crippen LogP contribution in [-0.4, -0.2) is 22.0 Å². The highest BCUT2D eigenvalue weighted by atomic mass is 35.5. The van der Waals surface area contributed by atoms with Gasteiger partial charge < -0.3 is 14.6 Å². The molecule has 0 radical (unpaired) electrons. The first-order chi connectivity index (χ1) is 11.7. The first-order valence-corrected chi connectivity index (χ1v) is 8.14. The number of carbonyl (C=O) groups is 1. The number of likely N-dealkylation sites (N-methyl/N-ethyl adjacent to an activating group) is 1. The Morgan fingerprint density at radius 2 is 1.96 bits per heavy atom. The average molecular weight is 344 g/mol. The SMILES string of the molecule is CCNC(=O)Cn1c(COc2ccc(Cl)cc2)nc2ccccc21. The van der Waals surface area contributed by atoms with Gasteiger partial charge in [-0.2, -0.15) is 0 Å². The molecule has 0 unspecified atom stereocenters. The first kappa shape index (κ1) is 16.3. The van der Waals surface area contributed by atoms with Crippen molar-refractivity contribution in [3.8, 4) is 5.75 Å². The average Bonchev–Trinajstić information content (AvgIpc) is 2.92. The Bertz CT molecular complexity index is 843. The number of halogens is 1. The Hall–Kier alpha value is -2.53. The van der Waals surface area contributed by atoms with Gasteiger partial charge in [0.2, 0.25) is 5.91 Å². The number of nitrogens with one attached hydrogen (secondary N) is 1. The number of para-hydroxylation sites is 2. The van der Waals surface area contributed by atoms with Gasteiger partial charge in [-0.15, -0.1) is 0 Å². The minimum Gasteiger partial charge on any atom is -0.486 e. The fourth-order valence-electron chi connectivity index (χ4n) is 2.49. The fourth-order valence-corrected chi connectivity index (χ4v) is 2.61. The molecule has 0 spiro atoms. The molecule has 0 atom stereocenters. The van der Waals surface area contributed by atoms with Crippen molar-refractivity contribution in [1.29, 1.82) is 0 Å². The lowest BCUT2D eigenvalue weighted by Gasteiger charge is -2.10. The highest BCUT2D eigenvalue weighted by Crippen LogP contribution is 2.19. The van der Waals surface area contributed by atoms with Crippen LogP contribution in [0, 0.1) is 0 Å². The van der Waals surface area contributed by atoms with Crippen molar-refractivity contribution in [3.05, 3.63) is 59.4 Å². The van der Waals surface area contributed by atoms with Crippen LogP contribution in [0.15, 0.2) is 48.5 Å². The Morgan fingerprint density at radius 1 is 1.21 bits per heavy atom. The van der Waals surface area contributed by atoms with Crippen LogP contribution in [0.5, 0.6) is 5.75 Å². The number of amides is 1. The van der Waals surface area contributed by atoms with E-state index in [0.29, 0.717) is 23.1 Å². The Labute approximate surface area is 145 Å². The number of benzene rings is 2. The maximum Gasteiger partial charge on any atom is 0.240 e. The van der Waals surface area contributed by atoms with Gasteiger partial charge >= 0.3 is 0 Å². The van der Waals surface area contributed by atoms with E-state index in [-0.39, 0.29) is 19.1 Å². The van der Waals surface area contributed by atoms with Gasteiger partial charge in [-0.05, 0) is 43.3 Å². The van der Waals surface area contributed by atoms with Crippen LogP contribution in [-0.2, 0) is 17.9 Å². The second-order valence-corrected chi connectivity index (χ2v) is 5.74. The van der Waals surface area contributed by atoms with Gasteiger partial charge in [0.25, 0.3) is 0 Å². The molecule has 0 bridgehead atoms. The summed E-state index contributed by atoms with van der Waals surface area (Å²) in [4.78, 5) is 16.6. The zero-order valence-electron chi connectivity index (χ0n) is 13.3. The highest BCUT2D eigenvalue weighted by Gasteiger charge is 2.13. The third kappa shape index (κ3) is 3.68. The highest BCUT2D eigenvalue weighted by molar-refractivity contribution is 6.30. The molecule has 124 valence electrons. The summed E-state index contributed by atoms with van der Waals surface area (Å²) in [5.41, 5.74) is 1.76. The largest absolute Gasteiger partial charge is 0.486 e. The molecule has 24 heavy (non-hydrogen) atoms. The molecule has 5 nitrogen and oxygen atoms in total. The van der Waals surface area contributed by atoms with Gasteiger partial charge in [-0.25, -0.2) is 4.98 Å². The van der Waals surface area contributed by atoms with E-state index in [0.717, 1.165) is 11.0 Å². The van der Waals surface area contributed by atoms with Crippen molar-refractivity contribution in [2.45, 2.75) is 20.1 Å². The molecule has 1 amide bonds. The second-order valence-electron chi connectivity index (χ2n) is 5.30. The molecular formula is C18H18ClN3O2. The standard InChI is InChI=1S/C18H18ClN3O2/c1-2-20-18(23)11-22-16-6-4-3-5-15(16)21-17(22)12-24-14-9-7-13(19)8-10-14/h3-10H,2,11-12H2,1H3,(H,20,23). The van der Waals surface area contributed by atoms with E-state index in [1.807, 2.05) is 35.8 Å². The van der Waals surface area contributed by atoms with Crippen LogP contribution in [0.25, 0.3) is 11.0 Å². The van der Waals surface area contributed by atoms with Crippen molar-refractivity contribution in [2.75, 3.05) is 6.54 Å². The van der Waals surface area contributed by atoms with Crippen LogP contribution in [0.3, 0.4) is 0 Å². The molecule has 0 saturated carbocycles. The van der Waals surface area contributed by atoms with Crippen molar-refractivity contribution < 1.29 is 9.53 Å². The van der Waals surface area contributed by atoms with Gasteiger partial charge in [0, 0.05) is 11.6 Å². The zero-order valence-corrected chi connectivity index (χ0v) is 14.1. The number of fused-ring (bicyclic) bond motifs is 1. The molecule has 1 N–H and O–H groups in total. The zero-order chi connectivity index (χ0) is 16.9. The normalized spacial score (nSPS) is 10.8. The smallest absolute Gasteiger partial charge is 0.240 e. The first-order valence-electron chi connectivity index (χ1n) is 7.76. The lowest BCUT2D eigenvalue weighted by atomic mass is 10.3. The lowest BCUT2D eigenvalue weighted by molar-refractivity contribution is -0.121. The Morgan fingerprint density at radius 3 is 2.71 bits per heavy atom. The van der Waals surface area contributed by atoms with E-state index in [4.69, 9.17) is 16.3 Å². The molecule has 0 fully saturated rings. The van der Waals surface area contributed by atoms with Crippen LogP contribution in [0.2, 0.25) is 5.02 Å². The van der Waals surface area contributed by atoms with E-state index in [1.165, 1.54) is 0 Å². The van der Waals surface area contributed by atoms with Gasteiger partial charge in [-0.1, -0.05) is 23.7 Å². The van der Waals surface area contributed by atoms with Crippen molar-refractivity contribution in [3.63, 3.8) is 0 Å². The van der Waals surface area contributed by atoms with E-state index in [9.17, 15) is 4.79 Å². The number of rotatable bonds is 6. The van der Waals surface area contributed by atoms with Gasteiger partial charge in [-0.3, -0.25) is 4.79 Å². The monoisotopic (exact) mass is 343 g/mol. The summed E-state index contributed by atoms with van der Waals surface area (Å²) in [6.07, 6.45) is 0. The van der Waals surface area contributed by atoms with Crippen LogP contribution >= 0.6 is 11.6 Å². The van der Waals surface area contributed by atoms with E-state index in [2.05, 4.69) is 10.3 Å². The van der Waals surface area contributed by atoms with E-state index in [1.54, 1.807) is 24.3 Å². The minimum absolute atomic E-state index is 0.0478. The van der Waals surface area contributed by atoms with Crippen molar-refractivity contribution in [1.82, 2.24) is 14.9 Å². The summed E-state index contributed by atoms with van der Waals surface area (Å²) in [6.45, 7) is 2.99. The number of aromatic nitrogens is 2. The summed E-state index contributed by atoms with van der Waals surface area (Å²) in [5.74, 6) is 1.36. The molecule has 6 heteroatoms. The van der Waals surface area contributed by atoms with Crippen LogP contribution in [0.4, 0.5) is 0 Å². The number of imidazole rings is 1. The molecule has 0 aliphatic carbocycles. The molecule has 3 aromatic rings. The summed E-state index contributed by atoms with van der Waals surface area (Å²) in [7, 11) is 0. The predicted octanol–water partition coefficient (Wildman–Crippen LogP) is 3.40. The molecule has 0 saturated heterocycles. The molecule has 1 aromatic heterocycles. The minimum atomic E-state index is -0.0478. The molecule has 3 rings (SSSR count). The third-order valence-corrected chi connectivity index (χ3v) is 3.84. The van der Waals surface area contributed by atoms with Gasteiger partial charge in [0.05, 0.1) is 11.0 Å². The molecule has 0 aliphatic heterocycles. The van der Waals surface area contributed by atoms with Crippen LogP contribution in [0.1, 0.15) is 12.7 Å². The topological polar surface area (TPSA) is 56.2 Å². The quantitative estimate of drug-likeness (QED) is 0.746. The number of carbonyl (C=O) groups excluding carboxylic acids is 1. The number of ether oxygens (including phenoxy) is 1. The molecule has 2 aromatic carbocycles. The maximum atomic E-state index is 12.0. The van der Waals surface area contributed by atoms with Gasteiger partial charge in [0.15, 0.2) is 0 Å². The summed E-state index contributed by atoms with van der Waals surface area (Å²) in [6, 6.07) is 14.9. The molecule has 1 heterocycles. The summed E-state index contributed by atoms with van der Waals surface area (Å²) < 4.78 is 7.67. The second kappa shape index (κ2) is 7.36. The summed E-state index contributed by atoms with van der Waals surface area (Å²) >= 11 is 5.88. The van der Waals surface area contributed by atoms with Crippen LogP contribution < -0.4 is 10.1 Å². The molecular weight excluding hydrogens is 326 g/mol. The van der Waals surface area contributed by atoms with Crippen molar-refractivity contribution >= 4 is 28.5 Å².